The Morgan fingerprint density at radius 1 is 1.25 bits per heavy atom. The standard InChI is InChI=1S/C17H25BN2O4/c1-8-12-11(10-19)13(14(20(12)7)15(21)22-9-2)18-23-16(3,4)17(5,6)24-18/h8-9H2,1-7H3. The lowest BCUT2D eigenvalue weighted by atomic mass is 9.75. The lowest BCUT2D eigenvalue weighted by Crippen LogP contribution is -2.41. The second-order valence-electron chi connectivity index (χ2n) is 6.92. The average molecular weight is 332 g/mol. The predicted molar refractivity (Wildman–Crippen MR) is 91.2 cm³/mol. The van der Waals surface area contributed by atoms with Gasteiger partial charge in [0, 0.05) is 18.2 Å². The number of rotatable bonds is 4. The van der Waals surface area contributed by atoms with E-state index in [1.165, 1.54) is 0 Å². The Bertz CT molecular complexity index is 684. The first-order valence-corrected chi connectivity index (χ1v) is 8.25. The molecule has 1 fully saturated rings. The van der Waals surface area contributed by atoms with Crippen molar-refractivity contribution in [2.45, 2.75) is 59.2 Å². The highest BCUT2D eigenvalue weighted by Crippen LogP contribution is 2.37. The Kier molecular flexibility index (Phi) is 4.85. The Morgan fingerprint density at radius 2 is 1.79 bits per heavy atom. The quantitative estimate of drug-likeness (QED) is 0.622. The van der Waals surface area contributed by atoms with E-state index in [1.807, 2.05) is 34.6 Å². The van der Waals surface area contributed by atoms with Crippen LogP contribution in [0.2, 0.25) is 0 Å². The van der Waals surface area contributed by atoms with Crippen molar-refractivity contribution in [3.8, 4) is 6.07 Å². The minimum absolute atomic E-state index is 0.260. The van der Waals surface area contributed by atoms with E-state index >= 15 is 0 Å². The largest absolute Gasteiger partial charge is 0.498 e. The van der Waals surface area contributed by atoms with Gasteiger partial charge in [-0.3, -0.25) is 0 Å². The zero-order valence-electron chi connectivity index (χ0n) is 15.5. The third kappa shape index (κ3) is 2.74. The van der Waals surface area contributed by atoms with Crippen LogP contribution >= 0.6 is 0 Å². The number of hydrogen-bond donors (Lipinski definition) is 0. The summed E-state index contributed by atoms with van der Waals surface area (Å²) in [5, 5.41) is 9.67. The highest BCUT2D eigenvalue weighted by atomic mass is 16.7. The third-order valence-electron chi connectivity index (χ3n) is 4.96. The molecule has 0 N–H and O–H groups in total. The van der Waals surface area contributed by atoms with Gasteiger partial charge in [0.2, 0.25) is 0 Å². The lowest BCUT2D eigenvalue weighted by molar-refractivity contribution is 0.00578. The second kappa shape index (κ2) is 6.27. The van der Waals surface area contributed by atoms with Crippen LogP contribution in [0.1, 0.15) is 63.3 Å². The molecule has 1 aromatic rings. The highest BCUT2D eigenvalue weighted by Gasteiger charge is 2.54. The Balaban J connectivity index is 2.65. The molecule has 1 aromatic heterocycles. The van der Waals surface area contributed by atoms with Crippen molar-refractivity contribution in [2.75, 3.05) is 6.61 Å². The summed E-state index contributed by atoms with van der Waals surface area (Å²) >= 11 is 0. The van der Waals surface area contributed by atoms with Crippen LogP contribution in [0.25, 0.3) is 0 Å². The van der Waals surface area contributed by atoms with Gasteiger partial charge in [-0.05, 0) is 41.0 Å². The van der Waals surface area contributed by atoms with E-state index in [4.69, 9.17) is 14.0 Å². The van der Waals surface area contributed by atoms with Crippen molar-refractivity contribution in [1.82, 2.24) is 4.57 Å². The van der Waals surface area contributed by atoms with Gasteiger partial charge in [-0.15, -0.1) is 0 Å². The van der Waals surface area contributed by atoms with Crippen LogP contribution in [-0.2, 0) is 27.5 Å². The van der Waals surface area contributed by atoms with Gasteiger partial charge >= 0.3 is 13.1 Å². The summed E-state index contributed by atoms with van der Waals surface area (Å²) in [6.07, 6.45) is 0.616. The molecule has 1 aliphatic rings. The molecule has 1 saturated heterocycles. The molecule has 0 bridgehead atoms. The van der Waals surface area contributed by atoms with Crippen LogP contribution < -0.4 is 5.46 Å². The van der Waals surface area contributed by atoms with Crippen molar-refractivity contribution >= 4 is 18.6 Å². The zero-order chi connectivity index (χ0) is 18.3. The van der Waals surface area contributed by atoms with Crippen LogP contribution in [0, 0.1) is 11.3 Å². The minimum Gasteiger partial charge on any atom is -0.461 e. The molecular formula is C17H25BN2O4. The summed E-state index contributed by atoms with van der Waals surface area (Å²) < 4.78 is 19.1. The lowest BCUT2D eigenvalue weighted by Gasteiger charge is -2.32. The summed E-state index contributed by atoms with van der Waals surface area (Å²) in [5.74, 6) is -0.471. The number of carbonyl (C=O) groups is 1. The molecule has 2 heterocycles. The molecule has 0 unspecified atom stereocenters. The number of carbonyl (C=O) groups excluding carboxylic acids is 1. The molecule has 0 aliphatic carbocycles. The minimum atomic E-state index is -0.782. The van der Waals surface area contributed by atoms with E-state index in [0.717, 1.165) is 5.69 Å². The van der Waals surface area contributed by atoms with E-state index in [9.17, 15) is 10.1 Å². The average Bonchev–Trinajstić information content (AvgIpc) is 2.88. The van der Waals surface area contributed by atoms with Crippen LogP contribution in [0.3, 0.4) is 0 Å². The molecule has 0 spiro atoms. The number of ether oxygens (including phenoxy) is 1. The van der Waals surface area contributed by atoms with Crippen molar-refractivity contribution in [1.29, 1.82) is 5.26 Å². The van der Waals surface area contributed by atoms with Gasteiger partial charge in [0.05, 0.1) is 23.4 Å². The molecule has 2 rings (SSSR count). The fraction of sp³-hybridized carbons (Fsp3) is 0.647. The van der Waals surface area contributed by atoms with E-state index in [1.54, 1.807) is 18.5 Å². The predicted octanol–water partition coefficient (Wildman–Crippen LogP) is 1.94. The van der Waals surface area contributed by atoms with Gasteiger partial charge in [0.25, 0.3) is 0 Å². The molecule has 24 heavy (non-hydrogen) atoms. The maximum Gasteiger partial charge on any atom is 0.498 e. The van der Waals surface area contributed by atoms with Gasteiger partial charge < -0.3 is 18.6 Å². The summed E-state index contributed by atoms with van der Waals surface area (Å²) in [7, 11) is 0.983. The zero-order valence-corrected chi connectivity index (χ0v) is 15.5. The third-order valence-corrected chi connectivity index (χ3v) is 4.96. The Hall–Kier alpha value is -1.78. The van der Waals surface area contributed by atoms with Gasteiger partial charge in [0.15, 0.2) is 0 Å². The smallest absolute Gasteiger partial charge is 0.461 e. The van der Waals surface area contributed by atoms with Crippen molar-refractivity contribution in [3.63, 3.8) is 0 Å². The van der Waals surface area contributed by atoms with E-state index in [0.29, 0.717) is 23.1 Å². The van der Waals surface area contributed by atoms with Crippen molar-refractivity contribution < 1.29 is 18.8 Å². The topological polar surface area (TPSA) is 73.5 Å². The number of hydrogen-bond acceptors (Lipinski definition) is 5. The summed E-state index contributed by atoms with van der Waals surface area (Å²) in [5.41, 5.74) is 0.876. The first-order chi connectivity index (χ1) is 11.1. The number of esters is 1. The van der Waals surface area contributed by atoms with E-state index in [-0.39, 0.29) is 6.61 Å². The van der Waals surface area contributed by atoms with Gasteiger partial charge in [0.1, 0.15) is 11.8 Å². The Labute approximate surface area is 143 Å². The molecule has 1 aliphatic heterocycles. The van der Waals surface area contributed by atoms with Crippen molar-refractivity contribution in [2.24, 2.45) is 7.05 Å². The van der Waals surface area contributed by atoms with Crippen LogP contribution in [0.5, 0.6) is 0 Å². The van der Waals surface area contributed by atoms with Crippen LogP contribution in [-0.4, -0.2) is 35.5 Å². The van der Waals surface area contributed by atoms with Crippen LogP contribution in [0.4, 0.5) is 0 Å². The Morgan fingerprint density at radius 3 is 2.21 bits per heavy atom. The van der Waals surface area contributed by atoms with E-state index < -0.39 is 24.3 Å². The van der Waals surface area contributed by atoms with Gasteiger partial charge in [-0.2, -0.15) is 5.26 Å². The molecule has 130 valence electrons. The molecule has 0 atom stereocenters. The number of aromatic nitrogens is 1. The maximum atomic E-state index is 12.5. The molecule has 0 radical (unpaired) electrons. The molecule has 6 nitrogen and oxygen atoms in total. The van der Waals surface area contributed by atoms with Crippen molar-refractivity contribution in [3.05, 3.63) is 17.0 Å². The summed E-state index contributed by atoms with van der Waals surface area (Å²) in [6.45, 7) is 11.7. The monoisotopic (exact) mass is 332 g/mol. The number of nitriles is 1. The SMILES string of the molecule is CCOC(=O)c1c(B2OC(C)(C)C(C)(C)O2)c(C#N)c(CC)n1C. The fourth-order valence-corrected chi connectivity index (χ4v) is 2.93. The van der Waals surface area contributed by atoms with Crippen LogP contribution in [0.15, 0.2) is 0 Å². The number of nitrogens with zero attached hydrogens (tertiary/aromatic N) is 2. The van der Waals surface area contributed by atoms with Gasteiger partial charge in [-0.25, -0.2) is 4.79 Å². The van der Waals surface area contributed by atoms with Gasteiger partial charge in [-0.1, -0.05) is 6.92 Å². The summed E-state index contributed by atoms with van der Waals surface area (Å²) in [4.78, 5) is 12.5. The first-order valence-electron chi connectivity index (χ1n) is 8.25. The molecule has 0 aromatic carbocycles. The normalized spacial score (nSPS) is 18.5. The summed E-state index contributed by atoms with van der Waals surface area (Å²) in [6, 6.07) is 2.22. The second-order valence-corrected chi connectivity index (χ2v) is 6.92. The molecule has 7 heteroatoms. The molecule has 0 saturated carbocycles. The molecule has 0 amide bonds. The highest BCUT2D eigenvalue weighted by molar-refractivity contribution is 6.64. The fourth-order valence-electron chi connectivity index (χ4n) is 2.93. The van der Waals surface area contributed by atoms with E-state index in [2.05, 4.69) is 6.07 Å². The maximum absolute atomic E-state index is 12.5. The first kappa shape index (κ1) is 18.6. The molecular weight excluding hydrogens is 307 g/mol.